The zero-order valence-corrected chi connectivity index (χ0v) is 38.9. The van der Waals surface area contributed by atoms with Crippen molar-refractivity contribution in [2.24, 2.45) is 0 Å². The number of carboxylic acid groups (broad SMARTS) is 2. The van der Waals surface area contributed by atoms with Gasteiger partial charge in [-0.1, -0.05) is 89.8 Å². The van der Waals surface area contributed by atoms with E-state index in [9.17, 15) is 61.5 Å². The Hall–Kier alpha value is -5.71. The van der Waals surface area contributed by atoms with Gasteiger partial charge in [0.05, 0.1) is 59.7 Å². The van der Waals surface area contributed by atoms with Crippen LogP contribution in [0.4, 0.5) is 16.3 Å². The fourth-order valence-electron chi connectivity index (χ4n) is 6.06. The summed E-state index contributed by atoms with van der Waals surface area (Å²) >= 11 is 0. The predicted molar refractivity (Wildman–Crippen MR) is 247 cm³/mol. The van der Waals surface area contributed by atoms with Crippen molar-refractivity contribution in [3.8, 4) is 22.5 Å². The summed E-state index contributed by atoms with van der Waals surface area (Å²) in [6, 6.07) is 14.6. The molecular weight excluding hydrogens is 900 g/mol. The topological polar surface area (TPSA) is 287 Å². The van der Waals surface area contributed by atoms with E-state index in [4.69, 9.17) is 0 Å². The summed E-state index contributed by atoms with van der Waals surface area (Å²) in [6.45, 7) is 7.49. The first-order valence-corrected chi connectivity index (χ1v) is 23.9. The van der Waals surface area contributed by atoms with Crippen LogP contribution >= 0.6 is 0 Å². The van der Waals surface area contributed by atoms with Crippen LogP contribution in [-0.2, 0) is 29.6 Å². The van der Waals surface area contributed by atoms with Crippen LogP contribution in [0.3, 0.4) is 0 Å². The Morgan fingerprint density at radius 2 is 0.985 bits per heavy atom. The Labute approximate surface area is 386 Å². The highest BCUT2D eigenvalue weighted by Crippen LogP contribution is 2.33. The number of carbonyl (C=O) groups excluding carboxylic acids is 2. The molecule has 0 amide bonds. The van der Waals surface area contributed by atoms with Gasteiger partial charge in [0.15, 0.2) is 0 Å². The third-order valence-electron chi connectivity index (χ3n) is 9.55. The fraction of sp³-hybridized carbons (Fsp3) is 0.422. The molecule has 0 spiro atoms. The third kappa shape index (κ3) is 16.9. The highest BCUT2D eigenvalue weighted by Gasteiger charge is 2.24. The van der Waals surface area contributed by atoms with Crippen molar-refractivity contribution in [3.63, 3.8) is 0 Å². The van der Waals surface area contributed by atoms with E-state index in [2.05, 4.69) is 19.9 Å². The van der Waals surface area contributed by atoms with Gasteiger partial charge in [0.1, 0.15) is 5.82 Å². The van der Waals surface area contributed by atoms with E-state index in [1.165, 1.54) is 56.6 Å². The largest absolute Gasteiger partial charge is 0.550 e. The van der Waals surface area contributed by atoms with Crippen LogP contribution in [0.15, 0.2) is 66.7 Å². The van der Waals surface area contributed by atoms with Gasteiger partial charge in [-0.25, -0.2) is 49.8 Å². The van der Waals surface area contributed by atoms with Gasteiger partial charge in [-0.3, -0.25) is 0 Å². The van der Waals surface area contributed by atoms with E-state index in [1.54, 1.807) is 6.08 Å². The van der Waals surface area contributed by atoms with E-state index in [0.29, 0.717) is 39.5 Å². The van der Waals surface area contributed by atoms with Gasteiger partial charge in [0.2, 0.25) is 31.9 Å². The van der Waals surface area contributed by atoms with Crippen molar-refractivity contribution in [3.05, 3.63) is 95.1 Å². The summed E-state index contributed by atoms with van der Waals surface area (Å²) in [7, 11) is -4.55. The smallest absolute Gasteiger partial charge is 0.239 e. The highest BCUT2D eigenvalue weighted by molar-refractivity contribution is 7.92. The molecule has 18 nitrogen and oxygen atoms in total. The Morgan fingerprint density at radius 3 is 1.30 bits per heavy atom. The summed E-state index contributed by atoms with van der Waals surface area (Å²) in [5.41, 5.74) is 4.13. The molecule has 2 aromatic carbocycles. The Kier molecular flexibility index (Phi) is 21.1. The number of rotatable bonds is 20. The molecule has 4 rings (SSSR count). The minimum Gasteiger partial charge on any atom is -0.550 e. The van der Waals surface area contributed by atoms with Gasteiger partial charge in [-0.2, -0.15) is 0 Å². The Balaban J connectivity index is 0.000000447. The standard InChI is InChI=1S/C22H28FN3O6S.C22H29N3O6S.CH4/c1-13(2)20-18(10-9-16(27)11-17(28)12-19(29)30)21(14-5-7-15(23)8-6-14)25-22(24-20)26(3)33(4,31)32;1-14(2)20-18(11-10-16(26)12-17(27)13-19(28)29)21(15-8-6-5-7-9-15)24-22(23-20)25(3)32(4,30)31;/h5-10,13,16-17,27-28H,11-12H2,1-4H3,(H,29,30);5-11,14,16-17,26-27H,12-13H2,1-4H3,(H,28,29);1H4/p-2/b10-9+;11-10+;/t2*16-,17-;/m11./s1. The molecule has 4 aromatic rings. The van der Waals surface area contributed by atoms with Crippen molar-refractivity contribution in [1.29, 1.82) is 0 Å². The number of carbonyl (C=O) groups is 2. The second-order valence-electron chi connectivity index (χ2n) is 15.8. The second-order valence-corrected chi connectivity index (χ2v) is 19.8. The van der Waals surface area contributed by atoms with Gasteiger partial charge in [0.25, 0.3) is 0 Å². The number of aromatic nitrogens is 4. The molecule has 4 N–H and O–H groups in total. The molecule has 2 aromatic heterocycles. The third-order valence-corrected chi connectivity index (χ3v) is 11.9. The first-order chi connectivity index (χ1) is 30.2. The van der Waals surface area contributed by atoms with E-state index >= 15 is 0 Å². The molecule has 4 atom stereocenters. The maximum atomic E-state index is 13.5. The lowest BCUT2D eigenvalue weighted by molar-refractivity contribution is -0.309. The van der Waals surface area contributed by atoms with E-state index < -0.39 is 75.1 Å². The average Bonchev–Trinajstić information content (AvgIpc) is 3.20. The SMILES string of the molecule is C.CC(C)c1nc(N(C)S(C)(=O)=O)nc(-c2ccc(F)cc2)c1/C=C/[C@@H](O)C[C@@H](O)CC(=O)[O-].CC(C)c1nc(N(C)S(C)(=O)=O)nc(-c2ccccc2)c1/C=C/[C@@H](O)C[C@@H](O)CC(=O)[O-]. The molecule has 0 saturated carbocycles. The van der Waals surface area contributed by atoms with Gasteiger partial charge in [-0.05, 0) is 36.1 Å². The predicted octanol–water partition coefficient (Wildman–Crippen LogP) is 2.63. The Bertz CT molecular complexity index is 2540. The fourth-order valence-corrected chi connectivity index (χ4v) is 6.82. The highest BCUT2D eigenvalue weighted by atomic mass is 32.2. The molecule has 0 fully saturated rings. The Morgan fingerprint density at radius 1 is 0.636 bits per heavy atom. The van der Waals surface area contributed by atoms with Crippen LogP contribution in [0.5, 0.6) is 0 Å². The molecule has 0 unspecified atom stereocenters. The molecule has 362 valence electrons. The summed E-state index contributed by atoms with van der Waals surface area (Å²) < 4.78 is 63.7. The summed E-state index contributed by atoms with van der Waals surface area (Å²) in [5, 5.41) is 61.2. The second kappa shape index (κ2) is 24.7. The molecule has 2 heterocycles. The number of hydrogen-bond acceptors (Lipinski definition) is 16. The van der Waals surface area contributed by atoms with Gasteiger partial charge in [0, 0.05) is 74.0 Å². The summed E-state index contributed by atoms with van der Waals surface area (Å²) in [4.78, 5) is 39.0. The zero-order chi connectivity index (χ0) is 49.0. The van der Waals surface area contributed by atoms with Crippen LogP contribution < -0.4 is 18.8 Å². The molecule has 0 aliphatic carbocycles. The number of aliphatic carboxylic acids is 2. The maximum Gasteiger partial charge on any atom is 0.239 e. The quantitative estimate of drug-likeness (QED) is 0.0990. The number of benzene rings is 2. The van der Waals surface area contributed by atoms with Crippen molar-refractivity contribution in [2.45, 2.75) is 97.1 Å². The number of anilines is 2. The number of carboxylic acids is 2. The molecular formula is C45H59FN6O12S2-2. The minimum absolute atomic E-state index is 0. The van der Waals surface area contributed by atoms with E-state index in [0.717, 1.165) is 26.7 Å². The number of aliphatic hydroxyl groups excluding tert-OH is 4. The van der Waals surface area contributed by atoms with Crippen LogP contribution in [0, 0.1) is 5.82 Å². The molecule has 66 heavy (non-hydrogen) atoms. The number of nitrogens with zero attached hydrogens (tertiary/aromatic N) is 6. The maximum absolute atomic E-state index is 13.5. The zero-order valence-electron chi connectivity index (χ0n) is 37.2. The molecule has 0 bridgehead atoms. The lowest BCUT2D eigenvalue weighted by Gasteiger charge is -2.20. The van der Waals surface area contributed by atoms with Crippen molar-refractivity contribution < 1.29 is 61.5 Å². The number of halogens is 1. The first kappa shape index (κ1) is 56.4. The molecule has 0 saturated heterocycles. The van der Waals surface area contributed by atoms with Gasteiger partial charge >= 0.3 is 0 Å². The number of sulfonamides is 2. The summed E-state index contributed by atoms with van der Waals surface area (Å²) in [5.74, 6) is -3.62. The van der Waals surface area contributed by atoms with Gasteiger partial charge in [-0.15, -0.1) is 0 Å². The minimum atomic E-state index is -3.66. The van der Waals surface area contributed by atoms with Crippen LogP contribution in [0.25, 0.3) is 34.7 Å². The van der Waals surface area contributed by atoms with Crippen LogP contribution in [-0.4, -0.2) is 120 Å². The average molecular weight is 959 g/mol. The molecule has 0 aliphatic heterocycles. The number of aliphatic hydroxyl groups is 4. The van der Waals surface area contributed by atoms with E-state index in [-0.39, 0.29) is 44.0 Å². The number of hydrogen-bond donors (Lipinski definition) is 4. The van der Waals surface area contributed by atoms with Crippen LogP contribution in [0.1, 0.15) is 95.2 Å². The lowest BCUT2D eigenvalue weighted by Crippen LogP contribution is -2.29. The molecule has 21 heteroatoms. The van der Waals surface area contributed by atoms with Crippen molar-refractivity contribution in [1.82, 2.24) is 19.9 Å². The normalized spacial score (nSPS) is 13.7. The summed E-state index contributed by atoms with van der Waals surface area (Å²) in [6.07, 6.45) is 1.55. The molecule has 0 radical (unpaired) electrons. The van der Waals surface area contributed by atoms with Crippen molar-refractivity contribution in [2.75, 3.05) is 35.2 Å². The lowest BCUT2D eigenvalue weighted by atomic mass is 9.97. The van der Waals surface area contributed by atoms with Crippen LogP contribution in [0.2, 0.25) is 0 Å². The first-order valence-electron chi connectivity index (χ1n) is 20.2. The van der Waals surface area contributed by atoms with Crippen molar-refractivity contribution >= 4 is 56.0 Å². The molecule has 0 aliphatic rings. The van der Waals surface area contributed by atoms with E-state index in [1.807, 2.05) is 58.0 Å². The monoisotopic (exact) mass is 958 g/mol. The van der Waals surface area contributed by atoms with Gasteiger partial charge < -0.3 is 40.2 Å².